The van der Waals surface area contributed by atoms with Gasteiger partial charge in [0.15, 0.2) is 0 Å². The van der Waals surface area contributed by atoms with E-state index >= 15 is 0 Å². The Hall–Kier alpha value is -0.910. The Morgan fingerprint density at radius 3 is 2.23 bits per heavy atom. The second-order valence-electron chi connectivity index (χ2n) is 6.62. The van der Waals surface area contributed by atoms with E-state index in [1.807, 2.05) is 6.07 Å². The van der Waals surface area contributed by atoms with E-state index in [2.05, 4.69) is 11.8 Å². The molecule has 4 nitrogen and oxygen atoms in total. The summed E-state index contributed by atoms with van der Waals surface area (Å²) < 4.78 is 27.0. The SMILES string of the molecule is CCCCCN1CC2CN(S(=O)(=O)c3ccccc3)CC2C1. The van der Waals surface area contributed by atoms with Crippen LogP contribution < -0.4 is 0 Å². The first kappa shape index (κ1) is 16.0. The molecule has 3 rings (SSSR count). The third-order valence-electron chi connectivity index (χ3n) is 4.99. The molecular weight excluding hydrogens is 296 g/mol. The summed E-state index contributed by atoms with van der Waals surface area (Å²) >= 11 is 0. The molecule has 122 valence electrons. The number of rotatable bonds is 6. The van der Waals surface area contributed by atoms with Crippen molar-refractivity contribution in [2.24, 2.45) is 11.8 Å². The molecule has 2 aliphatic heterocycles. The average Bonchev–Trinajstić information content (AvgIpc) is 3.07. The van der Waals surface area contributed by atoms with E-state index in [9.17, 15) is 8.42 Å². The van der Waals surface area contributed by atoms with E-state index in [0.29, 0.717) is 29.8 Å². The molecule has 0 saturated carbocycles. The molecule has 1 aromatic carbocycles. The lowest BCUT2D eigenvalue weighted by Crippen LogP contribution is -2.33. The first-order valence-electron chi connectivity index (χ1n) is 8.39. The molecule has 2 atom stereocenters. The van der Waals surface area contributed by atoms with Crippen LogP contribution in [-0.2, 0) is 10.0 Å². The van der Waals surface area contributed by atoms with Gasteiger partial charge in [0.25, 0.3) is 0 Å². The Bertz CT molecular complexity index is 574. The largest absolute Gasteiger partial charge is 0.303 e. The van der Waals surface area contributed by atoms with Gasteiger partial charge in [-0.3, -0.25) is 0 Å². The minimum atomic E-state index is -3.30. The second kappa shape index (κ2) is 6.69. The van der Waals surface area contributed by atoms with Crippen molar-refractivity contribution in [1.82, 2.24) is 9.21 Å². The van der Waals surface area contributed by atoms with Crippen LogP contribution in [0.25, 0.3) is 0 Å². The molecule has 0 radical (unpaired) electrons. The Kier molecular flexibility index (Phi) is 4.85. The van der Waals surface area contributed by atoms with E-state index in [0.717, 1.165) is 13.1 Å². The van der Waals surface area contributed by atoms with Gasteiger partial charge in [-0.1, -0.05) is 38.0 Å². The molecule has 22 heavy (non-hydrogen) atoms. The van der Waals surface area contributed by atoms with Crippen molar-refractivity contribution < 1.29 is 8.42 Å². The monoisotopic (exact) mass is 322 g/mol. The van der Waals surface area contributed by atoms with Crippen LogP contribution in [0.4, 0.5) is 0 Å². The zero-order valence-electron chi connectivity index (χ0n) is 13.3. The van der Waals surface area contributed by atoms with Gasteiger partial charge in [0.2, 0.25) is 10.0 Å². The van der Waals surface area contributed by atoms with Crippen molar-refractivity contribution in [3.63, 3.8) is 0 Å². The molecule has 0 amide bonds. The number of benzene rings is 1. The topological polar surface area (TPSA) is 40.6 Å². The van der Waals surface area contributed by atoms with Gasteiger partial charge in [-0.25, -0.2) is 8.42 Å². The minimum absolute atomic E-state index is 0.426. The fourth-order valence-corrected chi connectivity index (χ4v) is 5.33. The smallest absolute Gasteiger partial charge is 0.243 e. The van der Waals surface area contributed by atoms with Gasteiger partial charge in [0.05, 0.1) is 4.90 Å². The lowest BCUT2D eigenvalue weighted by Gasteiger charge is -2.21. The summed E-state index contributed by atoms with van der Waals surface area (Å²) in [5.74, 6) is 1.03. The average molecular weight is 322 g/mol. The van der Waals surface area contributed by atoms with Gasteiger partial charge in [0.1, 0.15) is 0 Å². The van der Waals surface area contributed by atoms with Crippen molar-refractivity contribution in [2.45, 2.75) is 31.1 Å². The van der Waals surface area contributed by atoms with Crippen molar-refractivity contribution in [3.05, 3.63) is 30.3 Å². The predicted molar refractivity (Wildman–Crippen MR) is 88.1 cm³/mol. The number of hydrogen-bond donors (Lipinski definition) is 0. The van der Waals surface area contributed by atoms with E-state index in [1.165, 1.54) is 25.8 Å². The molecule has 2 unspecified atom stereocenters. The number of hydrogen-bond acceptors (Lipinski definition) is 3. The fourth-order valence-electron chi connectivity index (χ4n) is 3.75. The van der Waals surface area contributed by atoms with Gasteiger partial charge in [-0.15, -0.1) is 0 Å². The van der Waals surface area contributed by atoms with Gasteiger partial charge in [-0.05, 0) is 36.9 Å². The van der Waals surface area contributed by atoms with Gasteiger partial charge < -0.3 is 4.90 Å². The van der Waals surface area contributed by atoms with E-state index < -0.39 is 10.0 Å². The standard InChI is InChI=1S/C17H26N2O2S/c1-2-3-7-10-18-11-15-13-19(14-16(15)12-18)22(20,21)17-8-5-4-6-9-17/h4-6,8-9,15-16H,2-3,7,10-14H2,1H3. The number of sulfonamides is 1. The fraction of sp³-hybridized carbons (Fsp3) is 0.647. The molecule has 5 heteroatoms. The van der Waals surface area contributed by atoms with Crippen LogP contribution in [-0.4, -0.2) is 50.3 Å². The van der Waals surface area contributed by atoms with Crippen molar-refractivity contribution in [1.29, 1.82) is 0 Å². The number of nitrogens with zero attached hydrogens (tertiary/aromatic N) is 2. The first-order chi connectivity index (χ1) is 10.6. The maximum absolute atomic E-state index is 12.7. The van der Waals surface area contributed by atoms with Gasteiger partial charge in [0, 0.05) is 26.2 Å². The summed E-state index contributed by atoms with van der Waals surface area (Å²) in [4.78, 5) is 2.95. The first-order valence-corrected chi connectivity index (χ1v) is 9.83. The van der Waals surface area contributed by atoms with E-state index in [1.54, 1.807) is 28.6 Å². The molecule has 2 saturated heterocycles. The van der Waals surface area contributed by atoms with Crippen LogP contribution >= 0.6 is 0 Å². The lowest BCUT2D eigenvalue weighted by atomic mass is 10.0. The van der Waals surface area contributed by atoms with Crippen LogP contribution in [0.1, 0.15) is 26.2 Å². The molecule has 1 aromatic rings. The summed E-state index contributed by atoms with van der Waals surface area (Å²) in [7, 11) is -3.30. The Balaban J connectivity index is 1.59. The van der Waals surface area contributed by atoms with E-state index in [-0.39, 0.29) is 0 Å². The maximum atomic E-state index is 12.7. The van der Waals surface area contributed by atoms with Crippen LogP contribution in [0.3, 0.4) is 0 Å². The zero-order chi connectivity index (χ0) is 15.6. The summed E-state index contributed by atoms with van der Waals surface area (Å²) in [6, 6.07) is 8.82. The Morgan fingerprint density at radius 2 is 1.64 bits per heavy atom. The molecule has 2 aliphatic rings. The number of unbranched alkanes of at least 4 members (excludes halogenated alkanes) is 2. The number of likely N-dealkylation sites (tertiary alicyclic amines) is 1. The molecule has 0 spiro atoms. The molecule has 0 aliphatic carbocycles. The van der Waals surface area contributed by atoms with Crippen molar-refractivity contribution in [2.75, 3.05) is 32.7 Å². The molecule has 0 bridgehead atoms. The minimum Gasteiger partial charge on any atom is -0.303 e. The van der Waals surface area contributed by atoms with Gasteiger partial charge >= 0.3 is 0 Å². The van der Waals surface area contributed by atoms with E-state index in [4.69, 9.17) is 0 Å². The second-order valence-corrected chi connectivity index (χ2v) is 8.56. The summed E-state index contributed by atoms with van der Waals surface area (Å²) in [5, 5.41) is 0. The van der Waals surface area contributed by atoms with Gasteiger partial charge in [-0.2, -0.15) is 4.31 Å². The van der Waals surface area contributed by atoms with Crippen molar-refractivity contribution >= 4 is 10.0 Å². The van der Waals surface area contributed by atoms with Crippen LogP contribution in [0.15, 0.2) is 35.2 Å². The van der Waals surface area contributed by atoms with Crippen LogP contribution in [0.2, 0.25) is 0 Å². The highest BCUT2D eigenvalue weighted by atomic mass is 32.2. The lowest BCUT2D eigenvalue weighted by molar-refractivity contribution is 0.290. The Morgan fingerprint density at radius 1 is 1.00 bits per heavy atom. The third-order valence-corrected chi connectivity index (χ3v) is 6.83. The third kappa shape index (κ3) is 3.21. The highest BCUT2D eigenvalue weighted by molar-refractivity contribution is 7.89. The summed E-state index contributed by atoms with van der Waals surface area (Å²) in [6.45, 7) is 6.90. The van der Waals surface area contributed by atoms with Crippen molar-refractivity contribution in [3.8, 4) is 0 Å². The molecular formula is C17H26N2O2S. The highest BCUT2D eigenvalue weighted by Gasteiger charge is 2.43. The molecule has 0 aromatic heterocycles. The Labute approximate surface area is 134 Å². The predicted octanol–water partition coefficient (Wildman–Crippen LogP) is 2.43. The summed E-state index contributed by atoms with van der Waals surface area (Å²) in [5.41, 5.74) is 0. The van der Waals surface area contributed by atoms with Crippen LogP contribution in [0.5, 0.6) is 0 Å². The normalized spacial score (nSPS) is 26.4. The number of fused-ring (bicyclic) bond motifs is 1. The summed E-state index contributed by atoms with van der Waals surface area (Å²) in [6.07, 6.45) is 3.81. The highest BCUT2D eigenvalue weighted by Crippen LogP contribution is 2.34. The molecule has 2 fully saturated rings. The molecule has 2 heterocycles. The maximum Gasteiger partial charge on any atom is 0.243 e. The van der Waals surface area contributed by atoms with Crippen LogP contribution in [0, 0.1) is 11.8 Å². The zero-order valence-corrected chi connectivity index (χ0v) is 14.1. The quantitative estimate of drug-likeness (QED) is 0.755. The molecule has 0 N–H and O–H groups in total.